The van der Waals surface area contributed by atoms with E-state index in [4.69, 9.17) is 19.5 Å². The van der Waals surface area contributed by atoms with E-state index in [-0.39, 0.29) is 0 Å². The number of ether oxygens (including phenoxy) is 2. The number of hydrogen-bond acceptors (Lipinski definition) is 4. The van der Waals surface area contributed by atoms with Crippen LogP contribution >= 0.6 is 0 Å². The summed E-state index contributed by atoms with van der Waals surface area (Å²) in [5, 5.41) is 18.1. The number of unbranched alkanes of at least 4 members (excludes halogenated alkanes) is 1. The normalized spacial score (nSPS) is 17.5. The van der Waals surface area contributed by atoms with Crippen LogP contribution in [-0.4, -0.2) is 29.8 Å². The van der Waals surface area contributed by atoms with Crippen molar-refractivity contribution in [3.8, 4) is 11.5 Å². The number of rotatable bonds is 5. The van der Waals surface area contributed by atoms with Gasteiger partial charge in [0.2, 0.25) is 0 Å². The highest BCUT2D eigenvalue weighted by molar-refractivity contribution is 6.43. The average Bonchev–Trinajstić information content (AvgIpc) is 2.72. The lowest BCUT2D eigenvalue weighted by molar-refractivity contribution is 0.242. The smallest absolute Gasteiger partial charge is 0.493 e. The molecular weight excluding hydrogens is 219 g/mol. The minimum absolute atomic E-state index is 0.530. The molecule has 1 aliphatic rings. The topological polar surface area (TPSA) is 58.9 Å². The van der Waals surface area contributed by atoms with E-state index in [0.717, 1.165) is 24.2 Å². The maximum atomic E-state index is 9.07. The molecule has 2 rings (SSSR count). The lowest BCUT2D eigenvalue weighted by atomic mass is 9.80. The molecule has 0 radical (unpaired) electrons. The van der Waals surface area contributed by atoms with E-state index < -0.39 is 13.1 Å². The molecule has 0 fully saturated rings. The molecule has 0 spiro atoms. The molecule has 17 heavy (non-hydrogen) atoms. The molecule has 1 unspecified atom stereocenters. The SMILES string of the molecule is CCCCOc1ccc2c(c1)OC(B(O)O)C2. The van der Waals surface area contributed by atoms with Gasteiger partial charge < -0.3 is 19.5 Å². The van der Waals surface area contributed by atoms with Gasteiger partial charge in [-0.1, -0.05) is 19.4 Å². The second kappa shape index (κ2) is 5.43. The summed E-state index contributed by atoms with van der Waals surface area (Å²) in [4.78, 5) is 0. The predicted octanol–water partition coefficient (Wildman–Crippen LogP) is 1.18. The summed E-state index contributed by atoms with van der Waals surface area (Å²) in [5.41, 5.74) is 0.992. The fraction of sp³-hybridized carbons (Fsp3) is 0.500. The van der Waals surface area contributed by atoms with E-state index in [1.54, 1.807) is 0 Å². The second-order valence-electron chi connectivity index (χ2n) is 4.25. The van der Waals surface area contributed by atoms with Crippen LogP contribution in [0.1, 0.15) is 25.3 Å². The zero-order valence-corrected chi connectivity index (χ0v) is 9.93. The van der Waals surface area contributed by atoms with Crippen molar-refractivity contribution in [2.24, 2.45) is 0 Å². The van der Waals surface area contributed by atoms with Crippen LogP contribution in [0, 0.1) is 0 Å². The maximum Gasteiger partial charge on any atom is 0.495 e. The van der Waals surface area contributed by atoms with Crippen molar-refractivity contribution < 1.29 is 19.5 Å². The van der Waals surface area contributed by atoms with Gasteiger partial charge in [-0.3, -0.25) is 0 Å². The Balaban J connectivity index is 2.00. The number of benzene rings is 1. The van der Waals surface area contributed by atoms with E-state index in [9.17, 15) is 0 Å². The molecule has 0 aliphatic carbocycles. The van der Waals surface area contributed by atoms with Crippen LogP contribution in [0.25, 0.3) is 0 Å². The second-order valence-corrected chi connectivity index (χ2v) is 4.25. The Labute approximate surface area is 101 Å². The Hall–Kier alpha value is -1.20. The minimum atomic E-state index is -1.44. The van der Waals surface area contributed by atoms with Gasteiger partial charge in [0.05, 0.1) is 6.61 Å². The molecule has 5 heteroatoms. The number of fused-ring (bicyclic) bond motifs is 1. The summed E-state index contributed by atoms with van der Waals surface area (Å²) in [5.74, 6) is 1.46. The first-order valence-electron chi connectivity index (χ1n) is 5.99. The van der Waals surface area contributed by atoms with Gasteiger partial charge in [-0.15, -0.1) is 0 Å². The Morgan fingerprint density at radius 2 is 2.29 bits per heavy atom. The molecule has 0 aromatic heterocycles. The average molecular weight is 236 g/mol. The van der Waals surface area contributed by atoms with E-state index in [0.29, 0.717) is 18.8 Å². The first-order valence-corrected chi connectivity index (χ1v) is 5.99. The van der Waals surface area contributed by atoms with Crippen LogP contribution in [-0.2, 0) is 6.42 Å². The summed E-state index contributed by atoms with van der Waals surface area (Å²) in [6.45, 7) is 2.81. The van der Waals surface area contributed by atoms with Crippen molar-refractivity contribution >= 4 is 7.12 Å². The molecule has 0 saturated carbocycles. The van der Waals surface area contributed by atoms with Crippen LogP contribution in [0.4, 0.5) is 0 Å². The lowest BCUT2D eigenvalue weighted by Gasteiger charge is -2.09. The molecular formula is C12H17BO4. The highest BCUT2D eigenvalue weighted by Crippen LogP contribution is 2.32. The Morgan fingerprint density at radius 1 is 1.47 bits per heavy atom. The third kappa shape index (κ3) is 2.93. The van der Waals surface area contributed by atoms with Crippen molar-refractivity contribution in [3.63, 3.8) is 0 Å². The van der Waals surface area contributed by atoms with Gasteiger partial charge in [0.1, 0.15) is 17.5 Å². The minimum Gasteiger partial charge on any atom is -0.493 e. The van der Waals surface area contributed by atoms with E-state index in [2.05, 4.69) is 6.92 Å². The van der Waals surface area contributed by atoms with Crippen LogP contribution in [0.5, 0.6) is 11.5 Å². The molecule has 1 aliphatic heterocycles. The van der Waals surface area contributed by atoms with Gasteiger partial charge in [-0.25, -0.2) is 0 Å². The van der Waals surface area contributed by atoms with Crippen molar-refractivity contribution in [2.75, 3.05) is 6.61 Å². The summed E-state index contributed by atoms with van der Waals surface area (Å²) in [7, 11) is -1.44. The monoisotopic (exact) mass is 236 g/mol. The maximum absolute atomic E-state index is 9.07. The zero-order chi connectivity index (χ0) is 12.3. The van der Waals surface area contributed by atoms with E-state index in [1.165, 1.54) is 0 Å². The lowest BCUT2D eigenvalue weighted by Crippen LogP contribution is -2.34. The van der Waals surface area contributed by atoms with Gasteiger partial charge in [0.15, 0.2) is 0 Å². The largest absolute Gasteiger partial charge is 0.495 e. The van der Waals surface area contributed by atoms with Crippen molar-refractivity contribution in [1.29, 1.82) is 0 Å². The molecule has 2 N–H and O–H groups in total. The summed E-state index contributed by atoms with van der Waals surface area (Å²) in [6.07, 6.45) is 2.65. The molecule has 4 nitrogen and oxygen atoms in total. The third-order valence-electron chi connectivity index (χ3n) is 2.84. The van der Waals surface area contributed by atoms with E-state index >= 15 is 0 Å². The summed E-state index contributed by atoms with van der Waals surface area (Å²) < 4.78 is 11.0. The Morgan fingerprint density at radius 3 is 3.00 bits per heavy atom. The van der Waals surface area contributed by atoms with Gasteiger partial charge in [0, 0.05) is 12.5 Å². The standard InChI is InChI=1S/C12H17BO4/c1-2-3-6-16-10-5-4-9-7-12(13(14)15)17-11(9)8-10/h4-5,8,12,14-15H,2-3,6-7H2,1H3. The van der Waals surface area contributed by atoms with Crippen molar-refractivity contribution in [3.05, 3.63) is 23.8 Å². The van der Waals surface area contributed by atoms with Crippen LogP contribution < -0.4 is 9.47 Å². The Kier molecular flexibility index (Phi) is 3.91. The van der Waals surface area contributed by atoms with E-state index in [1.807, 2.05) is 18.2 Å². The highest BCUT2D eigenvalue weighted by Gasteiger charge is 2.32. The summed E-state index contributed by atoms with van der Waals surface area (Å²) >= 11 is 0. The third-order valence-corrected chi connectivity index (χ3v) is 2.84. The molecule has 1 heterocycles. The first kappa shape index (κ1) is 12.3. The van der Waals surface area contributed by atoms with Crippen LogP contribution in [0.2, 0.25) is 0 Å². The molecule has 0 bridgehead atoms. The molecule has 1 aromatic carbocycles. The molecule has 0 saturated heterocycles. The van der Waals surface area contributed by atoms with Crippen molar-refractivity contribution in [2.45, 2.75) is 32.2 Å². The predicted molar refractivity (Wildman–Crippen MR) is 65.2 cm³/mol. The first-order chi connectivity index (χ1) is 8.20. The Bertz CT molecular complexity index is 381. The van der Waals surface area contributed by atoms with Gasteiger partial charge in [0.25, 0.3) is 0 Å². The molecule has 0 amide bonds. The fourth-order valence-corrected chi connectivity index (χ4v) is 1.83. The van der Waals surface area contributed by atoms with Gasteiger partial charge in [-0.05, 0) is 18.1 Å². The summed E-state index contributed by atoms with van der Waals surface area (Å²) in [6, 6.07) is 5.06. The molecule has 92 valence electrons. The van der Waals surface area contributed by atoms with Crippen molar-refractivity contribution in [1.82, 2.24) is 0 Å². The molecule has 1 atom stereocenters. The van der Waals surface area contributed by atoms with Crippen LogP contribution in [0.3, 0.4) is 0 Å². The quantitative estimate of drug-likeness (QED) is 0.595. The molecule has 1 aromatic rings. The van der Waals surface area contributed by atoms with Crippen LogP contribution in [0.15, 0.2) is 18.2 Å². The number of hydrogen-bond donors (Lipinski definition) is 2. The van der Waals surface area contributed by atoms with Gasteiger partial charge >= 0.3 is 7.12 Å². The van der Waals surface area contributed by atoms with Gasteiger partial charge in [-0.2, -0.15) is 0 Å². The highest BCUT2D eigenvalue weighted by atomic mass is 16.5. The fourth-order valence-electron chi connectivity index (χ4n) is 1.83. The zero-order valence-electron chi connectivity index (χ0n) is 9.93.